The third kappa shape index (κ3) is 5.47. The van der Waals surface area contributed by atoms with Crippen molar-refractivity contribution in [3.8, 4) is 0 Å². The standard InChI is InChI=1S/C14H26O5/c1-2-3-9-18-10-11-19-13(16)12(15)14(17)7-5-4-6-8-14/h12,15,17H,2-11H2,1H3. The first kappa shape index (κ1) is 16.4. The Morgan fingerprint density at radius 2 is 1.89 bits per heavy atom. The number of unbranched alkanes of at least 4 members (excludes halogenated alkanes) is 1. The number of carbonyl (C=O) groups excluding carboxylic acids is 1. The Morgan fingerprint density at radius 1 is 1.21 bits per heavy atom. The Balaban J connectivity index is 2.20. The number of aliphatic hydroxyl groups excluding tert-OH is 1. The van der Waals surface area contributed by atoms with Crippen LogP contribution in [0.3, 0.4) is 0 Å². The largest absolute Gasteiger partial charge is 0.461 e. The van der Waals surface area contributed by atoms with Crippen molar-refractivity contribution in [3.63, 3.8) is 0 Å². The van der Waals surface area contributed by atoms with Crippen LogP contribution in [0.5, 0.6) is 0 Å². The predicted molar refractivity (Wildman–Crippen MR) is 70.7 cm³/mol. The Kier molecular flexibility index (Phi) is 7.34. The maximum atomic E-state index is 11.6. The molecular formula is C14H26O5. The summed E-state index contributed by atoms with van der Waals surface area (Å²) in [5, 5.41) is 20.1. The third-order valence-corrected chi connectivity index (χ3v) is 3.57. The van der Waals surface area contributed by atoms with Gasteiger partial charge in [-0.05, 0) is 19.3 Å². The van der Waals surface area contributed by atoms with E-state index in [2.05, 4.69) is 6.92 Å². The fraction of sp³-hybridized carbons (Fsp3) is 0.929. The molecule has 0 aliphatic heterocycles. The highest BCUT2D eigenvalue weighted by Gasteiger charge is 2.41. The Hall–Kier alpha value is -0.650. The van der Waals surface area contributed by atoms with Crippen LogP contribution < -0.4 is 0 Å². The van der Waals surface area contributed by atoms with Crippen molar-refractivity contribution in [2.75, 3.05) is 19.8 Å². The van der Waals surface area contributed by atoms with Gasteiger partial charge >= 0.3 is 5.97 Å². The molecule has 112 valence electrons. The van der Waals surface area contributed by atoms with Crippen molar-refractivity contribution in [1.82, 2.24) is 0 Å². The van der Waals surface area contributed by atoms with Crippen molar-refractivity contribution in [1.29, 1.82) is 0 Å². The van der Waals surface area contributed by atoms with Crippen molar-refractivity contribution < 1.29 is 24.5 Å². The van der Waals surface area contributed by atoms with E-state index in [-0.39, 0.29) is 6.61 Å². The van der Waals surface area contributed by atoms with Gasteiger partial charge in [-0.25, -0.2) is 4.79 Å². The van der Waals surface area contributed by atoms with Crippen molar-refractivity contribution in [2.24, 2.45) is 0 Å². The van der Waals surface area contributed by atoms with Crippen LogP contribution in [0.4, 0.5) is 0 Å². The summed E-state index contributed by atoms with van der Waals surface area (Å²) in [5.41, 5.74) is -1.31. The van der Waals surface area contributed by atoms with Gasteiger partial charge in [0, 0.05) is 6.61 Å². The van der Waals surface area contributed by atoms with E-state index in [1.165, 1.54) is 0 Å². The second-order valence-corrected chi connectivity index (χ2v) is 5.20. The minimum absolute atomic E-state index is 0.121. The van der Waals surface area contributed by atoms with E-state index in [1.54, 1.807) is 0 Å². The molecule has 5 nitrogen and oxygen atoms in total. The van der Waals surface area contributed by atoms with Crippen LogP contribution >= 0.6 is 0 Å². The highest BCUT2D eigenvalue weighted by molar-refractivity contribution is 5.76. The number of hydrogen-bond donors (Lipinski definition) is 2. The highest BCUT2D eigenvalue weighted by Crippen LogP contribution is 2.31. The lowest BCUT2D eigenvalue weighted by atomic mass is 9.81. The number of aliphatic hydroxyl groups is 2. The van der Waals surface area contributed by atoms with Crippen molar-refractivity contribution >= 4 is 5.97 Å². The smallest absolute Gasteiger partial charge is 0.338 e. The van der Waals surface area contributed by atoms with Crippen LogP contribution in [-0.4, -0.2) is 47.7 Å². The lowest BCUT2D eigenvalue weighted by molar-refractivity contribution is -0.174. The molecule has 1 unspecified atom stereocenters. The van der Waals surface area contributed by atoms with Gasteiger partial charge < -0.3 is 19.7 Å². The van der Waals surface area contributed by atoms with Gasteiger partial charge in [-0.2, -0.15) is 0 Å². The summed E-state index contributed by atoms with van der Waals surface area (Å²) >= 11 is 0. The van der Waals surface area contributed by atoms with Crippen LogP contribution in [0.15, 0.2) is 0 Å². The maximum absolute atomic E-state index is 11.6. The van der Waals surface area contributed by atoms with Gasteiger partial charge in [0.25, 0.3) is 0 Å². The van der Waals surface area contributed by atoms with Crippen molar-refractivity contribution in [3.05, 3.63) is 0 Å². The molecule has 1 atom stereocenters. The van der Waals surface area contributed by atoms with E-state index >= 15 is 0 Å². The van der Waals surface area contributed by atoms with Gasteiger partial charge in [0.15, 0.2) is 6.10 Å². The molecule has 2 N–H and O–H groups in total. The molecule has 0 bridgehead atoms. The van der Waals surface area contributed by atoms with Gasteiger partial charge in [0.1, 0.15) is 12.2 Å². The van der Waals surface area contributed by atoms with Crippen LogP contribution in [0.25, 0.3) is 0 Å². The first-order valence-electron chi connectivity index (χ1n) is 7.25. The minimum atomic E-state index is -1.44. The van der Waals surface area contributed by atoms with E-state index in [4.69, 9.17) is 9.47 Å². The molecule has 0 amide bonds. The molecule has 0 aromatic rings. The summed E-state index contributed by atoms with van der Waals surface area (Å²) in [4.78, 5) is 11.6. The van der Waals surface area contributed by atoms with Crippen LogP contribution in [0.1, 0.15) is 51.9 Å². The molecule has 0 spiro atoms. The molecule has 1 fully saturated rings. The Bertz CT molecular complexity index is 261. The molecule has 0 radical (unpaired) electrons. The summed E-state index contributed by atoms with van der Waals surface area (Å²) in [6, 6.07) is 0. The lowest BCUT2D eigenvalue weighted by Crippen LogP contribution is -2.49. The molecule has 0 aromatic heterocycles. The van der Waals surface area contributed by atoms with E-state index < -0.39 is 17.7 Å². The van der Waals surface area contributed by atoms with Gasteiger partial charge in [0.05, 0.1) is 6.61 Å². The number of esters is 1. The highest BCUT2D eigenvalue weighted by atomic mass is 16.6. The number of carbonyl (C=O) groups is 1. The second kappa shape index (κ2) is 8.51. The van der Waals surface area contributed by atoms with Gasteiger partial charge in [-0.3, -0.25) is 0 Å². The van der Waals surface area contributed by atoms with E-state index in [0.29, 0.717) is 26.1 Å². The molecule has 1 aliphatic carbocycles. The average molecular weight is 274 g/mol. The summed E-state index contributed by atoms with van der Waals surface area (Å²) in [5.74, 6) is -0.747. The van der Waals surface area contributed by atoms with Crippen LogP contribution in [-0.2, 0) is 14.3 Å². The molecule has 0 saturated heterocycles. The zero-order chi connectivity index (χ0) is 14.1. The fourth-order valence-corrected chi connectivity index (χ4v) is 2.29. The molecule has 0 aromatic carbocycles. The zero-order valence-corrected chi connectivity index (χ0v) is 11.8. The molecule has 19 heavy (non-hydrogen) atoms. The number of hydrogen-bond acceptors (Lipinski definition) is 5. The zero-order valence-electron chi connectivity index (χ0n) is 11.8. The second-order valence-electron chi connectivity index (χ2n) is 5.20. The van der Waals surface area contributed by atoms with Gasteiger partial charge in [-0.1, -0.05) is 32.6 Å². The number of ether oxygens (including phenoxy) is 2. The molecule has 1 rings (SSSR count). The third-order valence-electron chi connectivity index (χ3n) is 3.57. The lowest BCUT2D eigenvalue weighted by Gasteiger charge is -2.34. The Labute approximate surface area is 114 Å². The fourth-order valence-electron chi connectivity index (χ4n) is 2.29. The molecule has 1 saturated carbocycles. The molecule has 5 heteroatoms. The maximum Gasteiger partial charge on any atom is 0.338 e. The number of rotatable bonds is 8. The van der Waals surface area contributed by atoms with E-state index in [1.807, 2.05) is 0 Å². The average Bonchev–Trinajstić information content (AvgIpc) is 2.42. The monoisotopic (exact) mass is 274 g/mol. The summed E-state index contributed by atoms with van der Waals surface area (Å²) in [7, 11) is 0. The van der Waals surface area contributed by atoms with E-state index in [9.17, 15) is 15.0 Å². The van der Waals surface area contributed by atoms with E-state index in [0.717, 1.165) is 32.1 Å². The molecule has 0 heterocycles. The van der Waals surface area contributed by atoms with Crippen molar-refractivity contribution in [2.45, 2.75) is 63.6 Å². The SMILES string of the molecule is CCCCOCCOC(=O)C(O)C1(O)CCCCC1. The van der Waals surface area contributed by atoms with Gasteiger partial charge in [0.2, 0.25) is 0 Å². The normalized spacial score (nSPS) is 19.9. The Morgan fingerprint density at radius 3 is 2.53 bits per heavy atom. The van der Waals surface area contributed by atoms with Gasteiger partial charge in [-0.15, -0.1) is 0 Å². The minimum Gasteiger partial charge on any atom is -0.461 e. The summed E-state index contributed by atoms with van der Waals surface area (Å²) in [6.07, 6.45) is 4.22. The summed E-state index contributed by atoms with van der Waals surface area (Å²) < 4.78 is 10.2. The molecular weight excluding hydrogens is 248 g/mol. The first-order valence-corrected chi connectivity index (χ1v) is 7.25. The van der Waals surface area contributed by atoms with Crippen LogP contribution in [0.2, 0.25) is 0 Å². The molecule has 1 aliphatic rings. The van der Waals surface area contributed by atoms with Crippen LogP contribution in [0, 0.1) is 0 Å². The predicted octanol–water partition coefficient (Wildman–Crippen LogP) is 1.40. The topological polar surface area (TPSA) is 76.0 Å². The quantitative estimate of drug-likeness (QED) is 0.517. The summed E-state index contributed by atoms with van der Waals surface area (Å²) in [6.45, 7) is 3.18. The first-order chi connectivity index (χ1) is 9.10.